The number of hydrogen-bond donors (Lipinski definition) is 1. The Balaban J connectivity index is 1.77. The Morgan fingerprint density at radius 1 is 1.27 bits per heavy atom. The summed E-state index contributed by atoms with van der Waals surface area (Å²) in [6.07, 6.45) is 2.76. The van der Waals surface area contributed by atoms with Crippen molar-refractivity contribution in [2.75, 3.05) is 45.3 Å². The van der Waals surface area contributed by atoms with Crippen molar-refractivity contribution >= 4 is 39.3 Å². The second-order valence-electron chi connectivity index (χ2n) is 6.95. The molecule has 1 N–H and O–H groups in total. The number of nitrogens with one attached hydrogen (secondary N) is 1. The van der Waals surface area contributed by atoms with E-state index >= 15 is 0 Å². The van der Waals surface area contributed by atoms with Gasteiger partial charge in [0, 0.05) is 24.9 Å². The highest BCUT2D eigenvalue weighted by Gasteiger charge is 2.29. The second kappa shape index (κ2) is 11.0. The standard InChI is InChI=1S/C22H24ClFN2O6S/c1-3-32-19-13-15(12-17(23)22(19)30-2)4-7-21(27)25-16-5-6-18(24)20(14-16)33(28,29)26-8-10-31-11-9-26/h4-7,12-14H,3,8-11H2,1-2H3,(H,25,27)/b7-4+. The predicted molar refractivity (Wildman–Crippen MR) is 123 cm³/mol. The molecule has 0 aliphatic carbocycles. The highest BCUT2D eigenvalue weighted by Crippen LogP contribution is 2.36. The summed E-state index contributed by atoms with van der Waals surface area (Å²) < 4.78 is 57.0. The van der Waals surface area contributed by atoms with Crippen LogP contribution in [0.15, 0.2) is 41.3 Å². The Bertz CT molecular complexity index is 1150. The van der Waals surface area contributed by atoms with Gasteiger partial charge in [-0.1, -0.05) is 11.6 Å². The third kappa shape index (κ3) is 6.02. The Hall–Kier alpha value is -2.66. The number of sulfonamides is 1. The van der Waals surface area contributed by atoms with Gasteiger partial charge in [0.1, 0.15) is 10.7 Å². The zero-order valence-electron chi connectivity index (χ0n) is 18.1. The minimum atomic E-state index is -4.06. The van der Waals surface area contributed by atoms with E-state index in [0.29, 0.717) is 28.7 Å². The predicted octanol–water partition coefficient (Wildman–Crippen LogP) is 3.56. The molecule has 1 amide bonds. The van der Waals surface area contributed by atoms with Gasteiger partial charge >= 0.3 is 0 Å². The van der Waals surface area contributed by atoms with E-state index in [2.05, 4.69) is 5.32 Å². The molecule has 0 bridgehead atoms. The lowest BCUT2D eigenvalue weighted by atomic mass is 10.2. The fourth-order valence-electron chi connectivity index (χ4n) is 3.21. The van der Waals surface area contributed by atoms with Gasteiger partial charge in [-0.2, -0.15) is 4.31 Å². The number of morpholine rings is 1. The zero-order chi connectivity index (χ0) is 24.0. The molecule has 1 saturated heterocycles. The van der Waals surface area contributed by atoms with Crippen molar-refractivity contribution in [2.24, 2.45) is 0 Å². The number of anilines is 1. The quantitative estimate of drug-likeness (QED) is 0.559. The number of hydrogen-bond acceptors (Lipinski definition) is 6. The van der Waals surface area contributed by atoms with Gasteiger partial charge in [-0.3, -0.25) is 4.79 Å². The first-order chi connectivity index (χ1) is 15.8. The summed E-state index contributed by atoms with van der Waals surface area (Å²) >= 11 is 6.21. The van der Waals surface area contributed by atoms with Crippen molar-refractivity contribution in [3.8, 4) is 11.5 Å². The lowest BCUT2D eigenvalue weighted by Gasteiger charge is -2.26. The van der Waals surface area contributed by atoms with Gasteiger partial charge in [-0.15, -0.1) is 0 Å². The van der Waals surface area contributed by atoms with E-state index in [4.69, 9.17) is 25.8 Å². The van der Waals surface area contributed by atoms with Gasteiger partial charge in [0.2, 0.25) is 15.9 Å². The molecule has 1 fully saturated rings. The topological polar surface area (TPSA) is 94.2 Å². The average Bonchev–Trinajstić information content (AvgIpc) is 2.79. The molecule has 0 aromatic heterocycles. The summed E-state index contributed by atoms with van der Waals surface area (Å²) in [7, 11) is -2.58. The van der Waals surface area contributed by atoms with E-state index in [-0.39, 0.29) is 32.0 Å². The fraction of sp³-hybridized carbons (Fsp3) is 0.318. The Kier molecular flexibility index (Phi) is 8.30. The molecule has 0 radical (unpaired) electrons. The fourth-order valence-corrected chi connectivity index (χ4v) is 5.00. The molecule has 0 spiro atoms. The van der Waals surface area contributed by atoms with Crippen LogP contribution in [0, 0.1) is 5.82 Å². The number of ether oxygens (including phenoxy) is 3. The number of nitrogens with zero attached hydrogens (tertiary/aromatic N) is 1. The molecular weight excluding hydrogens is 475 g/mol. The SMILES string of the molecule is CCOc1cc(/C=C/C(=O)Nc2ccc(F)c(S(=O)(=O)N3CCOCC3)c2)cc(Cl)c1OC. The normalized spacial score (nSPS) is 14.9. The molecule has 1 heterocycles. The summed E-state index contributed by atoms with van der Waals surface area (Å²) in [5.41, 5.74) is 0.731. The van der Waals surface area contributed by atoms with Crippen molar-refractivity contribution in [1.82, 2.24) is 4.31 Å². The lowest BCUT2D eigenvalue weighted by molar-refractivity contribution is -0.111. The molecule has 1 aliphatic heterocycles. The molecule has 3 rings (SSSR count). The number of benzene rings is 2. The van der Waals surface area contributed by atoms with Crippen LogP contribution in [0.2, 0.25) is 5.02 Å². The highest BCUT2D eigenvalue weighted by atomic mass is 35.5. The summed E-state index contributed by atoms with van der Waals surface area (Å²) in [6, 6.07) is 6.67. The molecule has 0 atom stereocenters. The lowest BCUT2D eigenvalue weighted by Crippen LogP contribution is -2.40. The maximum Gasteiger partial charge on any atom is 0.248 e. The van der Waals surface area contributed by atoms with Gasteiger partial charge in [0.05, 0.1) is 32.0 Å². The van der Waals surface area contributed by atoms with Gasteiger partial charge in [-0.05, 0) is 48.9 Å². The zero-order valence-corrected chi connectivity index (χ0v) is 19.7. The van der Waals surface area contributed by atoms with Gasteiger partial charge < -0.3 is 19.5 Å². The number of methoxy groups -OCH3 is 1. The molecule has 0 unspecified atom stereocenters. The largest absolute Gasteiger partial charge is 0.491 e. The van der Waals surface area contributed by atoms with Crippen molar-refractivity contribution in [3.05, 3.63) is 52.8 Å². The highest BCUT2D eigenvalue weighted by molar-refractivity contribution is 7.89. The third-order valence-electron chi connectivity index (χ3n) is 4.75. The van der Waals surface area contributed by atoms with Crippen LogP contribution in [-0.2, 0) is 19.6 Å². The van der Waals surface area contributed by atoms with Crippen LogP contribution in [0.4, 0.5) is 10.1 Å². The van der Waals surface area contributed by atoms with E-state index in [1.165, 1.54) is 25.3 Å². The first-order valence-corrected chi connectivity index (χ1v) is 11.9. The van der Waals surface area contributed by atoms with Gasteiger partial charge in [0.25, 0.3) is 0 Å². The van der Waals surface area contributed by atoms with Gasteiger partial charge in [0.15, 0.2) is 11.5 Å². The Morgan fingerprint density at radius 2 is 2.00 bits per heavy atom. The molecule has 11 heteroatoms. The maximum absolute atomic E-state index is 14.3. The van der Waals surface area contributed by atoms with E-state index in [1.54, 1.807) is 12.1 Å². The first kappa shape index (κ1) is 25.0. The first-order valence-electron chi connectivity index (χ1n) is 10.1. The molecule has 2 aromatic carbocycles. The Labute approximate surface area is 196 Å². The molecule has 178 valence electrons. The van der Waals surface area contributed by atoms with Crippen LogP contribution in [0.1, 0.15) is 12.5 Å². The summed E-state index contributed by atoms with van der Waals surface area (Å²) in [4.78, 5) is 11.9. The van der Waals surface area contributed by atoms with Crippen LogP contribution in [0.3, 0.4) is 0 Å². The van der Waals surface area contributed by atoms with Crippen molar-refractivity contribution in [1.29, 1.82) is 0 Å². The van der Waals surface area contributed by atoms with Crippen LogP contribution < -0.4 is 14.8 Å². The number of amides is 1. The van der Waals surface area contributed by atoms with Crippen LogP contribution >= 0.6 is 11.6 Å². The summed E-state index contributed by atoms with van der Waals surface area (Å²) in [5, 5.41) is 2.86. The Morgan fingerprint density at radius 3 is 2.67 bits per heavy atom. The molecule has 2 aromatic rings. The molecule has 1 aliphatic rings. The summed E-state index contributed by atoms with van der Waals surface area (Å²) in [5.74, 6) is -0.614. The monoisotopic (exact) mass is 498 g/mol. The van der Waals surface area contributed by atoms with Gasteiger partial charge in [-0.25, -0.2) is 12.8 Å². The number of carbonyl (C=O) groups excluding carboxylic acids is 1. The van der Waals surface area contributed by atoms with Crippen LogP contribution in [0.5, 0.6) is 11.5 Å². The molecule has 33 heavy (non-hydrogen) atoms. The average molecular weight is 499 g/mol. The van der Waals surface area contributed by atoms with Crippen molar-refractivity contribution < 1.29 is 31.8 Å². The van der Waals surface area contributed by atoms with Crippen molar-refractivity contribution in [2.45, 2.75) is 11.8 Å². The van der Waals surface area contributed by atoms with E-state index < -0.39 is 26.6 Å². The minimum Gasteiger partial charge on any atom is -0.491 e. The third-order valence-corrected chi connectivity index (χ3v) is 6.94. The maximum atomic E-state index is 14.3. The molecule has 0 saturated carbocycles. The van der Waals surface area contributed by atoms with Crippen LogP contribution in [0.25, 0.3) is 6.08 Å². The second-order valence-corrected chi connectivity index (χ2v) is 9.26. The van der Waals surface area contributed by atoms with Crippen molar-refractivity contribution in [3.63, 3.8) is 0 Å². The van der Waals surface area contributed by atoms with Crippen LogP contribution in [-0.4, -0.2) is 58.7 Å². The summed E-state index contributed by atoms with van der Waals surface area (Å²) in [6.45, 7) is 2.97. The molecule has 8 nitrogen and oxygen atoms in total. The smallest absolute Gasteiger partial charge is 0.248 e. The number of halogens is 2. The number of carbonyl (C=O) groups is 1. The van der Waals surface area contributed by atoms with E-state index in [9.17, 15) is 17.6 Å². The van der Waals surface area contributed by atoms with E-state index in [0.717, 1.165) is 16.4 Å². The number of rotatable bonds is 8. The minimum absolute atomic E-state index is 0.134. The molecular formula is C22H24ClFN2O6S. The van der Waals surface area contributed by atoms with E-state index in [1.807, 2.05) is 6.92 Å².